The second-order valence-corrected chi connectivity index (χ2v) is 11.5. The van der Waals surface area contributed by atoms with Gasteiger partial charge in [0.1, 0.15) is 11.0 Å². The summed E-state index contributed by atoms with van der Waals surface area (Å²) < 4.78 is 6.43. The number of ether oxygens (including phenoxy) is 1. The molecule has 0 bridgehead atoms. The summed E-state index contributed by atoms with van der Waals surface area (Å²) in [5, 5.41) is 0. The first kappa shape index (κ1) is 25.9. The van der Waals surface area contributed by atoms with Gasteiger partial charge >= 0.3 is 6.09 Å². The van der Waals surface area contributed by atoms with Crippen LogP contribution in [0.25, 0.3) is 0 Å². The van der Waals surface area contributed by atoms with E-state index in [1.54, 1.807) is 81.4 Å². The zero-order valence-corrected chi connectivity index (χ0v) is 23.1. The predicted octanol–water partition coefficient (Wildman–Crippen LogP) is 5.91. The fraction of sp³-hybridized carbons (Fsp3) is 0.267. The molecule has 3 aromatic rings. The lowest BCUT2D eigenvalue weighted by Gasteiger charge is -2.34. The van der Waals surface area contributed by atoms with Crippen molar-refractivity contribution in [3.63, 3.8) is 0 Å². The molecule has 2 aliphatic rings. The van der Waals surface area contributed by atoms with E-state index in [9.17, 15) is 19.2 Å². The number of rotatable bonds is 3. The second kappa shape index (κ2) is 9.20. The van der Waals surface area contributed by atoms with Gasteiger partial charge < -0.3 is 4.74 Å². The summed E-state index contributed by atoms with van der Waals surface area (Å²) in [4.78, 5) is 57.7. The standard InChI is InChI=1S/C30H27BrN2O5/c1-18-10-15-24-22(16-18)30(19-8-6-5-7-9-19,27(36)33(24)28(37)38-29(2,3)4)23-17-25(34)32(26(23)35)21-13-11-20(31)12-14-21/h5-16,23H,17H2,1-4H3/t23-,30?/m1/s1. The lowest BCUT2D eigenvalue weighted by molar-refractivity contribution is -0.130. The van der Waals surface area contributed by atoms with Crippen LogP contribution in [0, 0.1) is 12.8 Å². The molecule has 3 aromatic carbocycles. The summed E-state index contributed by atoms with van der Waals surface area (Å²) in [7, 11) is 0. The zero-order valence-electron chi connectivity index (χ0n) is 21.5. The van der Waals surface area contributed by atoms with Crippen LogP contribution in [0.3, 0.4) is 0 Å². The van der Waals surface area contributed by atoms with E-state index < -0.39 is 40.7 Å². The van der Waals surface area contributed by atoms with Crippen molar-refractivity contribution in [2.45, 2.75) is 45.1 Å². The maximum atomic E-state index is 14.6. The molecule has 0 N–H and O–H groups in total. The average molecular weight is 575 g/mol. The van der Waals surface area contributed by atoms with E-state index in [2.05, 4.69) is 15.9 Å². The molecule has 0 radical (unpaired) electrons. The normalized spacial score (nSPS) is 21.2. The molecule has 7 nitrogen and oxygen atoms in total. The van der Waals surface area contributed by atoms with Crippen LogP contribution >= 0.6 is 15.9 Å². The highest BCUT2D eigenvalue weighted by Gasteiger charge is 2.64. The summed E-state index contributed by atoms with van der Waals surface area (Å²) in [6, 6.07) is 21.1. The number of carbonyl (C=O) groups is 4. The van der Waals surface area contributed by atoms with Crippen LogP contribution in [0.15, 0.2) is 77.3 Å². The Labute approximate surface area is 229 Å². The Balaban J connectivity index is 1.73. The SMILES string of the molecule is Cc1ccc2c(c1)C(c1ccccc1)([C@@H]1CC(=O)N(c3ccc(Br)cc3)C1=O)C(=O)N2C(=O)OC(C)(C)C. The third-order valence-electron chi connectivity index (χ3n) is 6.92. The van der Waals surface area contributed by atoms with Gasteiger partial charge in [0.05, 0.1) is 17.3 Å². The van der Waals surface area contributed by atoms with E-state index in [0.29, 0.717) is 22.5 Å². The van der Waals surface area contributed by atoms with E-state index in [1.165, 1.54) is 0 Å². The minimum Gasteiger partial charge on any atom is -0.443 e. The Hall–Kier alpha value is -3.78. The number of aryl methyl sites for hydroxylation is 1. The molecule has 2 heterocycles. The van der Waals surface area contributed by atoms with Crippen LogP contribution in [0.1, 0.15) is 43.9 Å². The van der Waals surface area contributed by atoms with Gasteiger partial charge in [-0.3, -0.25) is 19.3 Å². The quantitative estimate of drug-likeness (QED) is 0.363. The second-order valence-electron chi connectivity index (χ2n) is 10.6. The number of carbonyl (C=O) groups excluding carboxylic acids is 4. The van der Waals surface area contributed by atoms with Crippen LogP contribution < -0.4 is 9.80 Å². The van der Waals surface area contributed by atoms with Gasteiger partial charge in [-0.15, -0.1) is 0 Å². The number of imide groups is 2. The third kappa shape index (κ3) is 4.04. The van der Waals surface area contributed by atoms with Crippen LogP contribution in [0.2, 0.25) is 0 Å². The Kier molecular flexibility index (Phi) is 6.26. The molecule has 2 aliphatic heterocycles. The van der Waals surface area contributed by atoms with Gasteiger partial charge in [0.2, 0.25) is 11.8 Å². The van der Waals surface area contributed by atoms with Gasteiger partial charge in [-0.25, -0.2) is 9.69 Å². The first-order valence-electron chi connectivity index (χ1n) is 12.3. The highest BCUT2D eigenvalue weighted by molar-refractivity contribution is 9.10. The summed E-state index contributed by atoms with van der Waals surface area (Å²) in [5.41, 5.74) is 0.210. The topological polar surface area (TPSA) is 84.0 Å². The van der Waals surface area contributed by atoms with E-state index in [1.807, 2.05) is 19.1 Å². The molecule has 194 valence electrons. The Morgan fingerprint density at radius 2 is 1.63 bits per heavy atom. The van der Waals surface area contributed by atoms with Gasteiger partial charge in [0.25, 0.3) is 5.91 Å². The molecule has 0 aliphatic carbocycles. The first-order valence-corrected chi connectivity index (χ1v) is 13.1. The maximum absolute atomic E-state index is 14.6. The van der Waals surface area contributed by atoms with Crippen molar-refractivity contribution in [3.8, 4) is 0 Å². The first-order chi connectivity index (χ1) is 17.9. The highest BCUT2D eigenvalue weighted by Crippen LogP contribution is 2.54. The van der Waals surface area contributed by atoms with E-state index in [4.69, 9.17) is 4.74 Å². The van der Waals surface area contributed by atoms with Crippen LogP contribution in [0.5, 0.6) is 0 Å². The van der Waals surface area contributed by atoms with Crippen molar-refractivity contribution in [2.75, 3.05) is 9.80 Å². The molecule has 8 heteroatoms. The van der Waals surface area contributed by atoms with Crippen molar-refractivity contribution < 1.29 is 23.9 Å². The van der Waals surface area contributed by atoms with Gasteiger partial charge in [-0.05, 0) is 69.2 Å². The van der Waals surface area contributed by atoms with Crippen molar-refractivity contribution >= 4 is 51.1 Å². The molecule has 1 unspecified atom stereocenters. The molecule has 38 heavy (non-hydrogen) atoms. The molecular weight excluding hydrogens is 548 g/mol. The summed E-state index contributed by atoms with van der Waals surface area (Å²) >= 11 is 3.38. The molecule has 5 rings (SSSR count). The van der Waals surface area contributed by atoms with Crippen LogP contribution in [0.4, 0.5) is 16.2 Å². The monoisotopic (exact) mass is 574 g/mol. The number of nitrogens with zero attached hydrogens (tertiary/aromatic N) is 2. The predicted molar refractivity (Wildman–Crippen MR) is 147 cm³/mol. The molecule has 1 fully saturated rings. The van der Waals surface area contributed by atoms with Gasteiger partial charge in [-0.2, -0.15) is 0 Å². The third-order valence-corrected chi connectivity index (χ3v) is 7.45. The largest absolute Gasteiger partial charge is 0.443 e. The summed E-state index contributed by atoms with van der Waals surface area (Å²) in [5.74, 6) is -2.58. The Bertz CT molecular complexity index is 1460. The number of amides is 4. The molecule has 4 amide bonds. The molecule has 0 saturated carbocycles. The minimum absolute atomic E-state index is 0.189. The lowest BCUT2D eigenvalue weighted by atomic mass is 9.65. The number of hydrogen-bond donors (Lipinski definition) is 0. The number of hydrogen-bond acceptors (Lipinski definition) is 5. The molecule has 0 spiro atoms. The average Bonchev–Trinajstić information content (AvgIpc) is 3.29. The number of anilines is 2. The van der Waals surface area contributed by atoms with Crippen molar-refractivity contribution in [1.29, 1.82) is 0 Å². The fourth-order valence-electron chi connectivity index (χ4n) is 5.40. The molecule has 2 atom stereocenters. The number of benzene rings is 3. The van der Waals surface area contributed by atoms with Crippen LogP contribution in [-0.4, -0.2) is 29.4 Å². The summed E-state index contributed by atoms with van der Waals surface area (Å²) in [6.45, 7) is 7.05. The molecule has 0 aromatic heterocycles. The molecular formula is C30H27BrN2O5. The van der Waals surface area contributed by atoms with E-state index >= 15 is 0 Å². The highest BCUT2D eigenvalue weighted by atomic mass is 79.9. The summed E-state index contributed by atoms with van der Waals surface area (Å²) in [6.07, 6.45) is -1.02. The lowest BCUT2D eigenvalue weighted by Crippen LogP contribution is -2.51. The van der Waals surface area contributed by atoms with E-state index in [-0.39, 0.29) is 6.42 Å². The fourth-order valence-corrected chi connectivity index (χ4v) is 5.66. The van der Waals surface area contributed by atoms with Crippen LogP contribution in [-0.2, 0) is 24.5 Å². The Morgan fingerprint density at radius 3 is 2.26 bits per heavy atom. The zero-order chi connectivity index (χ0) is 27.4. The smallest absolute Gasteiger partial charge is 0.421 e. The van der Waals surface area contributed by atoms with E-state index in [0.717, 1.165) is 19.8 Å². The minimum atomic E-state index is -1.60. The van der Waals surface area contributed by atoms with Gasteiger partial charge in [-0.1, -0.05) is 64.0 Å². The number of fused-ring (bicyclic) bond motifs is 1. The van der Waals surface area contributed by atoms with Crippen molar-refractivity contribution in [1.82, 2.24) is 0 Å². The Morgan fingerprint density at radius 1 is 0.974 bits per heavy atom. The van der Waals surface area contributed by atoms with Gasteiger partial charge in [0, 0.05) is 10.9 Å². The van der Waals surface area contributed by atoms with Crippen molar-refractivity contribution in [3.05, 3.63) is 94.0 Å². The van der Waals surface area contributed by atoms with Crippen molar-refractivity contribution in [2.24, 2.45) is 5.92 Å². The van der Waals surface area contributed by atoms with Gasteiger partial charge in [0.15, 0.2) is 0 Å². The number of halogens is 1. The maximum Gasteiger partial charge on any atom is 0.421 e. The molecule has 1 saturated heterocycles.